The first-order chi connectivity index (χ1) is 9.61. The number of nitrogens with two attached hydrogens (primary N) is 1. The summed E-state index contributed by atoms with van der Waals surface area (Å²) in [5.74, 6) is 0.632. The van der Waals surface area contributed by atoms with Crippen molar-refractivity contribution in [1.29, 1.82) is 0 Å². The van der Waals surface area contributed by atoms with Gasteiger partial charge in [-0.2, -0.15) is 0 Å². The maximum absolute atomic E-state index is 12.3. The monoisotopic (exact) mass is 295 g/mol. The van der Waals surface area contributed by atoms with Crippen molar-refractivity contribution < 1.29 is 9.59 Å². The van der Waals surface area contributed by atoms with Gasteiger partial charge in [0.15, 0.2) is 5.16 Å². The van der Waals surface area contributed by atoms with Crippen LogP contribution in [-0.4, -0.2) is 49.3 Å². The van der Waals surface area contributed by atoms with Gasteiger partial charge in [0.2, 0.25) is 11.8 Å². The number of thioether (sulfide) groups is 1. The van der Waals surface area contributed by atoms with Crippen molar-refractivity contribution in [2.75, 3.05) is 6.54 Å². The Balaban J connectivity index is 1.75. The highest BCUT2D eigenvalue weighted by atomic mass is 32.2. The smallest absolute Gasteiger partial charge is 0.243 e. The van der Waals surface area contributed by atoms with E-state index in [9.17, 15) is 9.59 Å². The van der Waals surface area contributed by atoms with Crippen molar-refractivity contribution in [1.82, 2.24) is 19.7 Å². The molecule has 1 saturated carbocycles. The van der Waals surface area contributed by atoms with Crippen molar-refractivity contribution in [2.24, 2.45) is 5.73 Å². The van der Waals surface area contributed by atoms with E-state index in [1.165, 1.54) is 16.7 Å². The summed E-state index contributed by atoms with van der Waals surface area (Å²) in [6.45, 7) is 2.95. The van der Waals surface area contributed by atoms with Gasteiger partial charge in [0.25, 0.3) is 0 Å². The number of hydrogen-bond donors (Lipinski definition) is 1. The minimum atomic E-state index is -0.372. The lowest BCUT2D eigenvalue weighted by molar-refractivity contribution is -0.138. The molecule has 1 aliphatic heterocycles. The van der Waals surface area contributed by atoms with Gasteiger partial charge in [-0.05, 0) is 19.8 Å². The van der Waals surface area contributed by atoms with Crippen LogP contribution in [0.4, 0.5) is 0 Å². The number of likely N-dealkylation sites (tertiary alicyclic amines) is 1. The molecule has 0 radical (unpaired) electrons. The molecule has 1 aliphatic carbocycles. The van der Waals surface area contributed by atoms with Gasteiger partial charge in [0.1, 0.15) is 11.1 Å². The predicted molar refractivity (Wildman–Crippen MR) is 73.0 cm³/mol. The molecule has 7 nitrogen and oxygen atoms in total. The molecule has 2 aliphatic rings. The SMILES string of the molecule is Cc1nnc(SC2CC(=O)N(C3CC3)C2=O)n1CCN. The molecular weight excluding hydrogens is 278 g/mol. The van der Waals surface area contributed by atoms with Crippen LogP contribution in [0.5, 0.6) is 0 Å². The Morgan fingerprint density at radius 1 is 1.35 bits per heavy atom. The average Bonchev–Trinajstić information content (AvgIpc) is 3.13. The molecule has 108 valence electrons. The Bertz CT molecular complexity index is 554. The molecule has 1 saturated heterocycles. The quantitative estimate of drug-likeness (QED) is 0.764. The summed E-state index contributed by atoms with van der Waals surface area (Å²) >= 11 is 1.32. The zero-order chi connectivity index (χ0) is 14.3. The number of hydrogen-bond acceptors (Lipinski definition) is 6. The van der Waals surface area contributed by atoms with Crippen LogP contribution in [0.25, 0.3) is 0 Å². The first-order valence-electron chi connectivity index (χ1n) is 6.74. The topological polar surface area (TPSA) is 94.1 Å². The maximum atomic E-state index is 12.3. The minimum absolute atomic E-state index is 0.0587. The molecule has 2 amide bonds. The highest BCUT2D eigenvalue weighted by molar-refractivity contribution is 8.00. The number of amides is 2. The molecule has 2 heterocycles. The van der Waals surface area contributed by atoms with Crippen LogP contribution >= 0.6 is 11.8 Å². The summed E-state index contributed by atoms with van der Waals surface area (Å²) in [6, 6.07) is 0.143. The second-order valence-corrected chi connectivity index (χ2v) is 6.28. The lowest BCUT2D eigenvalue weighted by Gasteiger charge is -2.13. The van der Waals surface area contributed by atoms with E-state index < -0.39 is 0 Å². The molecule has 3 rings (SSSR count). The Kier molecular flexibility index (Phi) is 3.51. The zero-order valence-electron chi connectivity index (χ0n) is 11.3. The van der Waals surface area contributed by atoms with E-state index in [-0.39, 0.29) is 29.5 Å². The van der Waals surface area contributed by atoms with E-state index in [2.05, 4.69) is 10.2 Å². The highest BCUT2D eigenvalue weighted by Gasteiger charge is 2.46. The van der Waals surface area contributed by atoms with Crippen LogP contribution in [0, 0.1) is 6.92 Å². The van der Waals surface area contributed by atoms with Crippen molar-refractivity contribution in [3.8, 4) is 0 Å². The van der Waals surface area contributed by atoms with Crippen LogP contribution in [0.15, 0.2) is 5.16 Å². The molecule has 2 N–H and O–H groups in total. The van der Waals surface area contributed by atoms with E-state index >= 15 is 0 Å². The Labute approximate surface area is 120 Å². The molecule has 1 aromatic heterocycles. The van der Waals surface area contributed by atoms with Crippen molar-refractivity contribution in [2.45, 2.75) is 49.2 Å². The summed E-state index contributed by atoms with van der Waals surface area (Å²) < 4.78 is 1.89. The predicted octanol–water partition coefficient (Wildman–Crippen LogP) is -0.0728. The highest BCUT2D eigenvalue weighted by Crippen LogP contribution is 2.37. The summed E-state index contributed by atoms with van der Waals surface area (Å²) in [7, 11) is 0. The molecule has 8 heteroatoms. The molecule has 1 unspecified atom stereocenters. The van der Waals surface area contributed by atoms with E-state index in [1.54, 1.807) is 0 Å². The summed E-state index contributed by atoms with van der Waals surface area (Å²) in [5.41, 5.74) is 5.57. The number of aryl methyl sites for hydroxylation is 1. The van der Waals surface area contributed by atoms with Crippen LogP contribution in [-0.2, 0) is 16.1 Å². The van der Waals surface area contributed by atoms with Crippen LogP contribution in [0.3, 0.4) is 0 Å². The van der Waals surface area contributed by atoms with E-state index in [1.807, 2.05) is 11.5 Å². The van der Waals surface area contributed by atoms with E-state index in [0.29, 0.717) is 18.2 Å². The Morgan fingerprint density at radius 2 is 2.10 bits per heavy atom. The van der Waals surface area contributed by atoms with Crippen LogP contribution in [0.2, 0.25) is 0 Å². The van der Waals surface area contributed by atoms with Crippen molar-refractivity contribution >= 4 is 23.6 Å². The van der Waals surface area contributed by atoms with Crippen LogP contribution in [0.1, 0.15) is 25.1 Å². The Morgan fingerprint density at radius 3 is 2.75 bits per heavy atom. The maximum Gasteiger partial charge on any atom is 0.243 e. The number of imide groups is 1. The van der Waals surface area contributed by atoms with Gasteiger partial charge in [0.05, 0.1) is 0 Å². The molecule has 20 heavy (non-hydrogen) atoms. The normalized spacial score (nSPS) is 22.9. The van der Waals surface area contributed by atoms with Gasteiger partial charge in [-0.25, -0.2) is 0 Å². The fourth-order valence-corrected chi connectivity index (χ4v) is 3.53. The average molecular weight is 295 g/mol. The molecule has 1 aromatic rings. The fourth-order valence-electron chi connectivity index (χ4n) is 2.39. The zero-order valence-corrected chi connectivity index (χ0v) is 12.1. The van der Waals surface area contributed by atoms with Gasteiger partial charge in [0, 0.05) is 25.6 Å². The number of rotatable bonds is 5. The van der Waals surface area contributed by atoms with E-state index in [4.69, 9.17) is 5.73 Å². The molecule has 1 atom stereocenters. The van der Waals surface area contributed by atoms with Crippen molar-refractivity contribution in [3.05, 3.63) is 5.82 Å². The second kappa shape index (κ2) is 5.17. The second-order valence-electron chi connectivity index (χ2n) is 5.11. The number of nitrogens with zero attached hydrogens (tertiary/aromatic N) is 4. The molecule has 0 aromatic carbocycles. The third-order valence-corrected chi connectivity index (χ3v) is 4.72. The molecule has 0 bridgehead atoms. The van der Waals surface area contributed by atoms with E-state index in [0.717, 1.165) is 18.7 Å². The summed E-state index contributed by atoms with van der Waals surface area (Å²) in [5, 5.41) is 8.39. The summed E-state index contributed by atoms with van der Waals surface area (Å²) in [6.07, 6.45) is 2.14. The fraction of sp³-hybridized carbons (Fsp3) is 0.667. The van der Waals surface area contributed by atoms with Crippen LogP contribution < -0.4 is 5.73 Å². The number of carbonyl (C=O) groups is 2. The Hall–Kier alpha value is -1.41. The van der Waals surface area contributed by atoms with Gasteiger partial charge in [-0.15, -0.1) is 10.2 Å². The molecule has 0 spiro atoms. The number of aromatic nitrogens is 3. The van der Waals surface area contributed by atoms with Gasteiger partial charge in [-0.1, -0.05) is 11.8 Å². The summed E-state index contributed by atoms with van der Waals surface area (Å²) in [4.78, 5) is 25.6. The first-order valence-corrected chi connectivity index (χ1v) is 7.62. The van der Waals surface area contributed by atoms with Gasteiger partial charge >= 0.3 is 0 Å². The lowest BCUT2D eigenvalue weighted by Crippen LogP contribution is -2.33. The van der Waals surface area contributed by atoms with Gasteiger partial charge < -0.3 is 10.3 Å². The number of carbonyl (C=O) groups excluding carboxylic acids is 2. The minimum Gasteiger partial charge on any atom is -0.329 e. The standard InChI is InChI=1S/C12H17N5O2S/c1-7-14-15-12(16(7)5-4-13)20-9-6-10(18)17(11(9)19)8-2-3-8/h8-9H,2-6,13H2,1H3. The van der Waals surface area contributed by atoms with Crippen molar-refractivity contribution in [3.63, 3.8) is 0 Å². The lowest BCUT2D eigenvalue weighted by atomic mass is 10.4. The first kappa shape index (κ1) is 13.6. The molecule has 2 fully saturated rings. The molecular formula is C12H17N5O2S. The third kappa shape index (κ3) is 2.33. The largest absolute Gasteiger partial charge is 0.329 e. The third-order valence-electron chi connectivity index (χ3n) is 3.56. The van der Waals surface area contributed by atoms with Gasteiger partial charge in [-0.3, -0.25) is 14.5 Å².